The molecule has 0 aromatic heterocycles. The highest BCUT2D eigenvalue weighted by Crippen LogP contribution is 2.23. The first-order valence-electron chi connectivity index (χ1n) is 5.70. The number of halogens is 2. The second kappa shape index (κ2) is 5.31. The molecule has 0 bridgehead atoms. The van der Waals surface area contributed by atoms with Gasteiger partial charge in [-0.3, -0.25) is 0 Å². The Hall–Kier alpha value is -1.36. The molecule has 0 spiro atoms. The highest BCUT2D eigenvalue weighted by Gasteiger charge is 2.21. The average Bonchev–Trinajstić information content (AvgIpc) is 2.66. The second-order valence-electron chi connectivity index (χ2n) is 4.32. The van der Waals surface area contributed by atoms with Crippen LogP contribution in [0.2, 0.25) is 0 Å². The monoisotopic (exact) mass is 242 g/mol. The smallest absolute Gasteiger partial charge is 0.387 e. The fourth-order valence-corrected chi connectivity index (χ4v) is 2.12. The molecule has 2 atom stereocenters. The fraction of sp³-hybridized carbons (Fsp3) is 0.500. The minimum atomic E-state index is -2.78. The van der Waals surface area contributed by atoms with Gasteiger partial charge in [0.1, 0.15) is 5.75 Å². The van der Waals surface area contributed by atoms with Crippen LogP contribution in [-0.2, 0) is 0 Å². The molecule has 0 amide bonds. The summed E-state index contributed by atoms with van der Waals surface area (Å²) in [6.07, 6.45) is 3.04. The van der Waals surface area contributed by atoms with Gasteiger partial charge in [0.05, 0.1) is 0 Å². The summed E-state index contributed by atoms with van der Waals surface area (Å²) in [6.45, 7) is -2.78. The Kier molecular flexibility index (Phi) is 3.78. The van der Waals surface area contributed by atoms with Crippen LogP contribution in [0.4, 0.5) is 14.5 Å². The maximum atomic E-state index is 11.9. The second-order valence-corrected chi connectivity index (χ2v) is 4.32. The largest absolute Gasteiger partial charge is 0.435 e. The number of nitrogens with one attached hydrogen (secondary N) is 1. The molecule has 1 aliphatic carbocycles. The summed E-state index contributed by atoms with van der Waals surface area (Å²) in [5.41, 5.74) is 6.72. The van der Waals surface area contributed by atoms with Crippen molar-refractivity contribution in [2.24, 2.45) is 5.73 Å². The molecule has 1 saturated carbocycles. The number of benzene rings is 1. The van der Waals surface area contributed by atoms with Crippen molar-refractivity contribution >= 4 is 5.69 Å². The Morgan fingerprint density at radius 1 is 1.24 bits per heavy atom. The van der Waals surface area contributed by atoms with Crippen molar-refractivity contribution in [3.8, 4) is 5.75 Å². The predicted molar refractivity (Wildman–Crippen MR) is 62.3 cm³/mol. The highest BCUT2D eigenvalue weighted by molar-refractivity contribution is 5.47. The van der Waals surface area contributed by atoms with E-state index in [-0.39, 0.29) is 11.8 Å². The van der Waals surface area contributed by atoms with Crippen LogP contribution < -0.4 is 15.8 Å². The van der Waals surface area contributed by atoms with Crippen molar-refractivity contribution in [3.63, 3.8) is 0 Å². The van der Waals surface area contributed by atoms with Crippen LogP contribution in [0.5, 0.6) is 5.75 Å². The van der Waals surface area contributed by atoms with Crippen LogP contribution in [0.15, 0.2) is 24.3 Å². The third-order valence-electron chi connectivity index (χ3n) is 2.92. The first-order valence-corrected chi connectivity index (χ1v) is 5.70. The predicted octanol–water partition coefficient (Wildman–Crippen LogP) is 2.58. The van der Waals surface area contributed by atoms with Crippen molar-refractivity contribution in [2.45, 2.75) is 38.0 Å². The van der Waals surface area contributed by atoms with Crippen LogP contribution in [0.1, 0.15) is 19.3 Å². The van der Waals surface area contributed by atoms with Crippen molar-refractivity contribution in [2.75, 3.05) is 5.32 Å². The van der Waals surface area contributed by atoms with Gasteiger partial charge in [-0.25, -0.2) is 0 Å². The van der Waals surface area contributed by atoms with Crippen LogP contribution in [0.3, 0.4) is 0 Å². The number of hydrogen-bond donors (Lipinski definition) is 2. The molecule has 1 aliphatic rings. The lowest BCUT2D eigenvalue weighted by Crippen LogP contribution is -2.20. The van der Waals surface area contributed by atoms with E-state index < -0.39 is 6.61 Å². The molecule has 3 nitrogen and oxygen atoms in total. The van der Waals surface area contributed by atoms with E-state index in [1.807, 2.05) is 0 Å². The maximum absolute atomic E-state index is 11.9. The molecular formula is C12H16F2N2O. The minimum Gasteiger partial charge on any atom is -0.435 e. The molecule has 17 heavy (non-hydrogen) atoms. The average molecular weight is 242 g/mol. The molecule has 94 valence electrons. The zero-order valence-corrected chi connectivity index (χ0v) is 9.40. The summed E-state index contributed by atoms with van der Waals surface area (Å²) in [5.74, 6) is 0.175. The first-order chi connectivity index (χ1) is 8.13. The number of anilines is 1. The highest BCUT2D eigenvalue weighted by atomic mass is 19.3. The summed E-state index contributed by atoms with van der Waals surface area (Å²) in [5, 5.41) is 3.33. The number of rotatable bonds is 4. The fourth-order valence-electron chi connectivity index (χ4n) is 2.12. The SMILES string of the molecule is NC1CCC(Nc2ccc(OC(F)F)cc2)C1. The van der Waals surface area contributed by atoms with Gasteiger partial charge in [0.25, 0.3) is 0 Å². The van der Waals surface area contributed by atoms with Crippen molar-refractivity contribution in [3.05, 3.63) is 24.3 Å². The molecule has 0 radical (unpaired) electrons. The summed E-state index contributed by atoms with van der Waals surface area (Å²) in [7, 11) is 0. The molecule has 5 heteroatoms. The number of alkyl halides is 2. The van der Waals surface area contributed by atoms with E-state index in [1.54, 1.807) is 12.1 Å². The summed E-state index contributed by atoms with van der Waals surface area (Å²) in [6, 6.07) is 7.19. The summed E-state index contributed by atoms with van der Waals surface area (Å²) < 4.78 is 28.2. The lowest BCUT2D eigenvalue weighted by atomic mass is 10.2. The van der Waals surface area contributed by atoms with Crippen LogP contribution in [0, 0.1) is 0 Å². The van der Waals surface area contributed by atoms with Gasteiger partial charge in [-0.15, -0.1) is 0 Å². The molecule has 0 heterocycles. The normalized spacial score (nSPS) is 24.0. The molecule has 1 fully saturated rings. The standard InChI is InChI=1S/C12H16F2N2O/c13-12(14)17-11-5-3-9(4-6-11)16-10-2-1-8(15)7-10/h3-6,8,10,12,16H,1-2,7,15H2. The Labute approximate surface area is 98.9 Å². The van der Waals surface area contributed by atoms with E-state index in [9.17, 15) is 8.78 Å². The molecule has 0 saturated heterocycles. The van der Waals surface area contributed by atoms with Gasteiger partial charge in [-0.05, 0) is 43.5 Å². The number of ether oxygens (including phenoxy) is 1. The number of nitrogens with two attached hydrogens (primary N) is 1. The van der Waals surface area contributed by atoms with Crippen LogP contribution >= 0.6 is 0 Å². The summed E-state index contributed by atoms with van der Waals surface area (Å²) >= 11 is 0. The van der Waals surface area contributed by atoms with Gasteiger partial charge in [0.15, 0.2) is 0 Å². The van der Waals surface area contributed by atoms with Gasteiger partial charge in [-0.2, -0.15) is 8.78 Å². The van der Waals surface area contributed by atoms with E-state index in [2.05, 4.69) is 10.1 Å². The Morgan fingerprint density at radius 2 is 1.94 bits per heavy atom. The third kappa shape index (κ3) is 3.56. The van der Waals surface area contributed by atoms with E-state index >= 15 is 0 Å². The van der Waals surface area contributed by atoms with Crippen molar-refractivity contribution in [1.29, 1.82) is 0 Å². The lowest BCUT2D eigenvalue weighted by Gasteiger charge is -2.14. The van der Waals surface area contributed by atoms with Crippen molar-refractivity contribution < 1.29 is 13.5 Å². The Bertz CT molecular complexity index is 356. The topological polar surface area (TPSA) is 47.3 Å². The summed E-state index contributed by atoms with van der Waals surface area (Å²) in [4.78, 5) is 0. The lowest BCUT2D eigenvalue weighted by molar-refractivity contribution is -0.0498. The Balaban J connectivity index is 1.89. The van der Waals surface area contributed by atoms with Gasteiger partial charge >= 0.3 is 6.61 Å². The molecule has 2 rings (SSSR count). The van der Waals surface area contributed by atoms with Crippen molar-refractivity contribution in [1.82, 2.24) is 0 Å². The van der Waals surface area contributed by atoms with Crippen LogP contribution in [-0.4, -0.2) is 18.7 Å². The molecule has 1 aromatic carbocycles. The molecule has 1 aromatic rings. The van der Waals surface area contributed by atoms with Gasteiger partial charge in [0, 0.05) is 17.8 Å². The van der Waals surface area contributed by atoms with Crippen LogP contribution in [0.25, 0.3) is 0 Å². The maximum Gasteiger partial charge on any atom is 0.387 e. The minimum absolute atomic E-state index is 0.175. The van der Waals surface area contributed by atoms with E-state index in [0.29, 0.717) is 6.04 Å². The van der Waals surface area contributed by atoms with E-state index in [0.717, 1.165) is 24.9 Å². The molecule has 3 N–H and O–H groups in total. The quantitative estimate of drug-likeness (QED) is 0.853. The Morgan fingerprint density at radius 3 is 2.47 bits per heavy atom. The number of hydrogen-bond acceptors (Lipinski definition) is 3. The molecule has 0 aliphatic heterocycles. The zero-order chi connectivity index (χ0) is 12.3. The molecular weight excluding hydrogens is 226 g/mol. The first kappa shape index (κ1) is 12.1. The zero-order valence-electron chi connectivity index (χ0n) is 9.40. The third-order valence-corrected chi connectivity index (χ3v) is 2.92. The van der Waals surface area contributed by atoms with Gasteiger partial charge in [0.2, 0.25) is 0 Å². The van der Waals surface area contributed by atoms with E-state index in [4.69, 9.17) is 5.73 Å². The van der Waals surface area contributed by atoms with E-state index in [1.165, 1.54) is 12.1 Å². The van der Waals surface area contributed by atoms with Gasteiger partial charge < -0.3 is 15.8 Å². The molecule has 2 unspecified atom stereocenters. The van der Waals surface area contributed by atoms with Gasteiger partial charge in [-0.1, -0.05) is 0 Å².